The number of hydrogen-bond donors (Lipinski definition) is 1. The smallest absolute Gasteiger partial charge is 0.330 e. The summed E-state index contributed by atoms with van der Waals surface area (Å²) >= 11 is 1.58. The Bertz CT molecular complexity index is 690. The summed E-state index contributed by atoms with van der Waals surface area (Å²) < 4.78 is 1.10. The van der Waals surface area contributed by atoms with Gasteiger partial charge in [-0.1, -0.05) is 24.3 Å². The second-order valence-electron chi connectivity index (χ2n) is 4.83. The minimum Gasteiger partial charge on any atom is -0.479 e. The second kappa shape index (κ2) is 5.65. The van der Waals surface area contributed by atoms with Crippen LogP contribution in [0, 0.1) is 0 Å². The van der Waals surface area contributed by atoms with Crippen molar-refractivity contribution in [2.24, 2.45) is 0 Å². The van der Waals surface area contributed by atoms with Crippen LogP contribution in [-0.4, -0.2) is 39.5 Å². The molecule has 0 saturated heterocycles. The number of fused-ring (bicyclic) bond motifs is 1. The Labute approximate surface area is 125 Å². The van der Waals surface area contributed by atoms with E-state index in [-0.39, 0.29) is 12.3 Å². The zero-order valence-corrected chi connectivity index (χ0v) is 12.0. The lowest BCUT2D eigenvalue weighted by atomic mass is 10.2. The quantitative estimate of drug-likeness (QED) is 0.878. The van der Waals surface area contributed by atoms with Gasteiger partial charge < -0.3 is 10.0 Å². The molecule has 1 aromatic heterocycles. The van der Waals surface area contributed by atoms with Gasteiger partial charge in [0, 0.05) is 19.4 Å². The number of hydrogen-bond acceptors (Lipinski definition) is 4. The molecular weight excluding hydrogens is 288 g/mol. The number of nitrogens with zero attached hydrogens (tertiary/aromatic N) is 2. The van der Waals surface area contributed by atoms with Crippen molar-refractivity contribution in [1.29, 1.82) is 0 Å². The number of aromatic nitrogens is 1. The number of thiazole rings is 1. The molecule has 2 aromatic rings. The molecule has 0 spiro atoms. The molecule has 0 radical (unpaired) electrons. The van der Waals surface area contributed by atoms with Gasteiger partial charge in [0.25, 0.3) is 0 Å². The van der Waals surface area contributed by atoms with Crippen LogP contribution in [-0.2, 0) is 16.0 Å². The van der Waals surface area contributed by atoms with Crippen LogP contribution in [0.4, 0.5) is 0 Å². The number of carbonyl (C=O) groups excluding carboxylic acids is 1. The fraction of sp³-hybridized carbons (Fsp3) is 0.267. The molecule has 21 heavy (non-hydrogen) atoms. The highest BCUT2D eigenvalue weighted by molar-refractivity contribution is 7.18. The topological polar surface area (TPSA) is 70.5 Å². The average molecular weight is 302 g/mol. The Morgan fingerprint density at radius 3 is 2.95 bits per heavy atom. The number of rotatable bonds is 4. The minimum atomic E-state index is -0.989. The fourth-order valence-electron chi connectivity index (χ4n) is 2.38. The van der Waals surface area contributed by atoms with Gasteiger partial charge >= 0.3 is 5.97 Å². The maximum absolute atomic E-state index is 12.1. The Balaban J connectivity index is 1.64. The van der Waals surface area contributed by atoms with Gasteiger partial charge in [0.2, 0.25) is 5.91 Å². The molecule has 3 rings (SSSR count). The number of aliphatic carboxylic acids is 1. The maximum atomic E-state index is 12.1. The highest BCUT2D eigenvalue weighted by atomic mass is 32.1. The van der Waals surface area contributed by atoms with Crippen molar-refractivity contribution in [3.8, 4) is 0 Å². The number of benzene rings is 1. The van der Waals surface area contributed by atoms with Crippen LogP contribution in [0.3, 0.4) is 0 Å². The summed E-state index contributed by atoms with van der Waals surface area (Å²) in [6, 6.07) is 7.02. The van der Waals surface area contributed by atoms with E-state index in [0.29, 0.717) is 13.0 Å². The van der Waals surface area contributed by atoms with Gasteiger partial charge in [-0.2, -0.15) is 0 Å². The summed E-state index contributed by atoms with van der Waals surface area (Å²) in [6.45, 7) is 0.371. The maximum Gasteiger partial charge on any atom is 0.330 e. The Kier molecular flexibility index (Phi) is 3.70. The lowest BCUT2D eigenvalue weighted by Crippen LogP contribution is -2.40. The molecule has 1 unspecified atom stereocenters. The van der Waals surface area contributed by atoms with Crippen LogP contribution in [0.25, 0.3) is 10.2 Å². The third-order valence-corrected chi connectivity index (χ3v) is 4.52. The van der Waals surface area contributed by atoms with Crippen LogP contribution in [0.1, 0.15) is 11.4 Å². The summed E-state index contributed by atoms with van der Waals surface area (Å²) in [5.74, 6) is -1.14. The standard InChI is InChI=1S/C15H14N2O3S/c18-14(17-9-3-5-11(17)15(19)20)8-7-13-16-10-4-1-2-6-12(10)21-13/h1-6,11H,7-9H2,(H,19,20). The lowest BCUT2D eigenvalue weighted by molar-refractivity contribution is -0.146. The molecule has 1 aliphatic rings. The number of para-hydroxylation sites is 1. The Morgan fingerprint density at radius 2 is 2.19 bits per heavy atom. The van der Waals surface area contributed by atoms with E-state index in [1.54, 1.807) is 23.5 Å². The van der Waals surface area contributed by atoms with Gasteiger partial charge in [-0.05, 0) is 12.1 Å². The van der Waals surface area contributed by atoms with Crippen LogP contribution >= 0.6 is 11.3 Å². The van der Waals surface area contributed by atoms with Gasteiger partial charge in [-0.3, -0.25) is 4.79 Å². The van der Waals surface area contributed by atoms with E-state index in [1.807, 2.05) is 24.3 Å². The second-order valence-corrected chi connectivity index (χ2v) is 5.95. The van der Waals surface area contributed by atoms with Gasteiger partial charge in [0.15, 0.2) is 0 Å². The molecular formula is C15H14N2O3S. The van der Waals surface area contributed by atoms with E-state index in [0.717, 1.165) is 15.2 Å². The molecule has 1 atom stereocenters. The predicted molar refractivity (Wildman–Crippen MR) is 80.2 cm³/mol. The number of carboxylic acids is 1. The van der Waals surface area contributed by atoms with Crippen LogP contribution in [0.5, 0.6) is 0 Å². The largest absolute Gasteiger partial charge is 0.479 e. The van der Waals surface area contributed by atoms with Crippen molar-refractivity contribution in [1.82, 2.24) is 9.88 Å². The molecule has 108 valence electrons. The number of carbonyl (C=O) groups is 2. The summed E-state index contributed by atoms with van der Waals surface area (Å²) in [5, 5.41) is 9.96. The average Bonchev–Trinajstić information content (AvgIpc) is 3.10. The third-order valence-electron chi connectivity index (χ3n) is 3.42. The molecule has 1 N–H and O–H groups in total. The van der Waals surface area contributed by atoms with Gasteiger partial charge in [0.1, 0.15) is 6.04 Å². The number of carboxylic acid groups (broad SMARTS) is 1. The summed E-state index contributed by atoms with van der Waals surface area (Å²) in [7, 11) is 0. The molecule has 1 aromatic carbocycles. The Hall–Kier alpha value is -2.21. The van der Waals surface area contributed by atoms with Crippen molar-refractivity contribution in [3.05, 3.63) is 41.4 Å². The molecule has 1 aliphatic heterocycles. The van der Waals surface area contributed by atoms with Gasteiger partial charge in [-0.25, -0.2) is 9.78 Å². The fourth-order valence-corrected chi connectivity index (χ4v) is 3.34. The summed E-state index contributed by atoms with van der Waals surface area (Å²) in [6.07, 6.45) is 4.10. The molecule has 5 nitrogen and oxygen atoms in total. The molecule has 6 heteroatoms. The molecule has 0 saturated carbocycles. The first kappa shape index (κ1) is 13.8. The van der Waals surface area contributed by atoms with E-state index in [1.165, 1.54) is 4.90 Å². The first-order valence-corrected chi connectivity index (χ1v) is 7.50. The summed E-state index contributed by atoms with van der Waals surface area (Å²) in [4.78, 5) is 29.1. The molecule has 0 bridgehead atoms. The first-order valence-electron chi connectivity index (χ1n) is 6.68. The summed E-state index contributed by atoms with van der Waals surface area (Å²) in [5.41, 5.74) is 0.941. The van der Waals surface area contributed by atoms with Crippen molar-refractivity contribution < 1.29 is 14.7 Å². The van der Waals surface area contributed by atoms with E-state index in [9.17, 15) is 9.59 Å². The third kappa shape index (κ3) is 2.80. The minimum absolute atomic E-state index is 0.147. The Morgan fingerprint density at radius 1 is 1.38 bits per heavy atom. The predicted octanol–water partition coefficient (Wildman–Crippen LogP) is 2.08. The van der Waals surface area contributed by atoms with E-state index < -0.39 is 12.0 Å². The number of aryl methyl sites for hydroxylation is 1. The molecule has 0 aliphatic carbocycles. The van der Waals surface area contributed by atoms with Crippen molar-refractivity contribution in [2.45, 2.75) is 18.9 Å². The van der Waals surface area contributed by atoms with Gasteiger partial charge in [-0.15, -0.1) is 11.3 Å². The monoisotopic (exact) mass is 302 g/mol. The molecule has 2 heterocycles. The zero-order chi connectivity index (χ0) is 14.8. The molecule has 1 amide bonds. The number of amides is 1. The highest BCUT2D eigenvalue weighted by Gasteiger charge is 2.29. The van der Waals surface area contributed by atoms with E-state index in [2.05, 4.69) is 4.98 Å². The van der Waals surface area contributed by atoms with E-state index in [4.69, 9.17) is 5.11 Å². The van der Waals surface area contributed by atoms with Crippen LogP contribution < -0.4 is 0 Å². The SMILES string of the molecule is O=C(O)C1C=CCN1C(=O)CCc1nc2ccccc2s1. The lowest BCUT2D eigenvalue weighted by Gasteiger charge is -2.21. The van der Waals surface area contributed by atoms with Crippen LogP contribution in [0.2, 0.25) is 0 Å². The zero-order valence-electron chi connectivity index (χ0n) is 11.2. The van der Waals surface area contributed by atoms with E-state index >= 15 is 0 Å². The van der Waals surface area contributed by atoms with Crippen molar-refractivity contribution in [2.75, 3.05) is 6.54 Å². The van der Waals surface area contributed by atoms with Crippen LogP contribution in [0.15, 0.2) is 36.4 Å². The normalized spacial score (nSPS) is 17.5. The molecule has 0 fully saturated rings. The van der Waals surface area contributed by atoms with Crippen molar-refractivity contribution in [3.63, 3.8) is 0 Å². The highest BCUT2D eigenvalue weighted by Crippen LogP contribution is 2.23. The van der Waals surface area contributed by atoms with Crippen molar-refractivity contribution >= 4 is 33.4 Å². The van der Waals surface area contributed by atoms with Gasteiger partial charge in [0.05, 0.1) is 15.2 Å². The first-order chi connectivity index (χ1) is 10.1.